The molecule has 0 aliphatic carbocycles. The molecule has 0 amide bonds. The summed E-state index contributed by atoms with van der Waals surface area (Å²) in [5, 5.41) is 18.4. The summed E-state index contributed by atoms with van der Waals surface area (Å²) < 4.78 is 238. The summed E-state index contributed by atoms with van der Waals surface area (Å²) in [5.41, 5.74) is 0. The van der Waals surface area contributed by atoms with Crippen LogP contribution in [0.25, 0.3) is 0 Å². The lowest BCUT2D eigenvalue weighted by Gasteiger charge is -2.34. The summed E-state index contributed by atoms with van der Waals surface area (Å²) in [4.78, 5) is 0. The van der Waals surface area contributed by atoms with Crippen LogP contribution in [0.3, 0.4) is 0 Å². The fraction of sp³-hybridized carbons (Fsp3) is 1.00. The van der Waals surface area contributed by atoms with E-state index >= 15 is 0 Å². The van der Waals surface area contributed by atoms with Crippen LogP contribution in [-0.4, -0.2) is 96.7 Å². The van der Waals surface area contributed by atoms with Crippen LogP contribution in [0.2, 0.25) is 0 Å². The second-order valence-electron chi connectivity index (χ2n) is 8.27. The molecule has 2 N–H and O–H groups in total. The first-order valence-electron chi connectivity index (χ1n) is 10.4. The molecule has 2 atom stereocenters. The number of aliphatic hydroxyl groups is 2. The maximum atomic E-state index is 13.4. The summed E-state index contributed by atoms with van der Waals surface area (Å²) in [6.07, 6.45) is -25.0. The van der Waals surface area contributed by atoms with Crippen molar-refractivity contribution in [1.29, 1.82) is 0 Å². The van der Waals surface area contributed by atoms with Gasteiger partial charge in [-0.05, 0) is 12.8 Å². The van der Waals surface area contributed by atoms with Crippen molar-refractivity contribution < 1.29 is 98.7 Å². The molecule has 0 aromatic heterocycles. The van der Waals surface area contributed by atoms with Gasteiger partial charge in [0.15, 0.2) is 0 Å². The largest absolute Gasteiger partial charge is 0.460 e. The third-order valence-corrected chi connectivity index (χ3v) is 4.85. The number of rotatable bonds is 17. The molecule has 4 nitrogen and oxygen atoms in total. The highest BCUT2D eigenvalue weighted by Gasteiger charge is 2.82. The molecule has 0 saturated heterocycles. The first kappa shape index (κ1) is 38.6. The Hall–Kier alpha value is -1.42. The molecule has 0 radical (unpaired) electrons. The molecule has 242 valence electrons. The average Bonchev–Trinajstić information content (AvgIpc) is 2.72. The van der Waals surface area contributed by atoms with E-state index in [2.05, 4.69) is 9.47 Å². The third kappa shape index (κ3) is 8.55. The van der Waals surface area contributed by atoms with E-state index in [1.54, 1.807) is 0 Å². The lowest BCUT2D eigenvalue weighted by molar-refractivity contribution is -0.398. The van der Waals surface area contributed by atoms with Crippen LogP contribution < -0.4 is 0 Å². The van der Waals surface area contributed by atoms with Gasteiger partial charge in [0, 0.05) is 26.1 Å². The van der Waals surface area contributed by atoms with Gasteiger partial charge in [-0.1, -0.05) is 0 Å². The van der Waals surface area contributed by atoms with Crippen molar-refractivity contribution in [3.8, 4) is 0 Å². The first-order valence-corrected chi connectivity index (χ1v) is 10.4. The summed E-state index contributed by atoms with van der Waals surface area (Å²) in [6.45, 7) is -3.65. The number of hydrogen-bond donors (Lipinski definition) is 2. The van der Waals surface area contributed by atoms with Gasteiger partial charge in [-0.15, -0.1) is 0 Å². The third-order valence-electron chi connectivity index (χ3n) is 4.85. The Kier molecular flexibility index (Phi) is 12.4. The zero-order valence-electron chi connectivity index (χ0n) is 19.3. The summed E-state index contributed by atoms with van der Waals surface area (Å²) in [6, 6.07) is 0. The Bertz CT molecular complexity index is 716. The van der Waals surface area contributed by atoms with Gasteiger partial charge in [0.05, 0.1) is 25.4 Å². The molecule has 22 heteroatoms. The molecular weight excluding hydrogens is 622 g/mol. The highest BCUT2D eigenvalue weighted by atomic mass is 19.4. The van der Waals surface area contributed by atoms with Crippen molar-refractivity contribution in [2.75, 3.05) is 26.4 Å². The first-order chi connectivity index (χ1) is 17.5. The summed E-state index contributed by atoms with van der Waals surface area (Å²) in [7, 11) is 0. The minimum atomic E-state index is -7.15. The van der Waals surface area contributed by atoms with E-state index in [9.17, 15) is 89.2 Å². The average molecular weight is 642 g/mol. The van der Waals surface area contributed by atoms with E-state index in [-0.39, 0.29) is 12.8 Å². The van der Waals surface area contributed by atoms with Crippen molar-refractivity contribution in [3.63, 3.8) is 0 Å². The van der Waals surface area contributed by atoms with Crippen molar-refractivity contribution in [1.82, 2.24) is 0 Å². The topological polar surface area (TPSA) is 58.9 Å². The molecule has 0 aliphatic rings. The van der Waals surface area contributed by atoms with Crippen molar-refractivity contribution in [2.45, 2.75) is 85.8 Å². The predicted octanol–water partition coefficient (Wildman–Crippen LogP) is 6.24. The molecule has 0 bridgehead atoms. The maximum Gasteiger partial charge on any atom is 0.460 e. The van der Waals surface area contributed by atoms with E-state index < -0.39 is 99.4 Å². The van der Waals surface area contributed by atoms with Gasteiger partial charge in [-0.25, -0.2) is 0 Å². The van der Waals surface area contributed by atoms with Crippen LogP contribution in [0, 0.1) is 0 Å². The summed E-state index contributed by atoms with van der Waals surface area (Å²) >= 11 is 0. The Labute approximate surface area is 212 Å². The lowest BCUT2D eigenvalue weighted by Crippen LogP contribution is -2.61. The summed E-state index contributed by atoms with van der Waals surface area (Å²) in [5.74, 6) is -40.3. The van der Waals surface area contributed by atoms with Gasteiger partial charge in [0.2, 0.25) is 0 Å². The highest BCUT2D eigenvalue weighted by Crippen LogP contribution is 2.55. The number of ether oxygens (including phenoxy) is 2. The van der Waals surface area contributed by atoms with Crippen LogP contribution in [0.4, 0.5) is 79.0 Å². The minimum absolute atomic E-state index is 0.215. The molecule has 0 spiro atoms. The van der Waals surface area contributed by atoms with E-state index in [1.807, 2.05) is 0 Å². The Morgan fingerprint density at radius 2 is 0.675 bits per heavy atom. The van der Waals surface area contributed by atoms with Gasteiger partial charge >= 0.3 is 47.9 Å². The molecule has 0 fully saturated rings. The lowest BCUT2D eigenvalue weighted by atomic mass is 9.98. The van der Waals surface area contributed by atoms with Crippen LogP contribution in [0.1, 0.15) is 25.7 Å². The molecule has 0 aliphatic heterocycles. The van der Waals surface area contributed by atoms with Gasteiger partial charge < -0.3 is 19.7 Å². The van der Waals surface area contributed by atoms with Gasteiger partial charge in [0.1, 0.15) is 0 Å². The van der Waals surface area contributed by atoms with Crippen LogP contribution >= 0.6 is 0 Å². The minimum Gasteiger partial charge on any atom is -0.390 e. The van der Waals surface area contributed by atoms with Gasteiger partial charge in [-0.2, -0.15) is 79.0 Å². The number of unbranched alkanes of at least 4 members (excludes halogenated alkanes) is 1. The molecule has 40 heavy (non-hydrogen) atoms. The predicted molar refractivity (Wildman–Crippen MR) is 93.9 cm³/mol. The van der Waals surface area contributed by atoms with Crippen LogP contribution in [0.5, 0.6) is 0 Å². The smallest absolute Gasteiger partial charge is 0.390 e. The number of alkyl halides is 18. The highest BCUT2D eigenvalue weighted by molar-refractivity contribution is 5.02. The second kappa shape index (κ2) is 12.8. The number of hydrogen-bond acceptors (Lipinski definition) is 4. The monoisotopic (exact) mass is 642 g/mol. The number of aliphatic hydroxyl groups excluding tert-OH is 2. The Balaban J connectivity index is 4.51. The molecule has 0 rings (SSSR count). The molecule has 0 aromatic carbocycles. The molecule has 0 heterocycles. The van der Waals surface area contributed by atoms with Crippen LogP contribution in [0.15, 0.2) is 0 Å². The van der Waals surface area contributed by atoms with Crippen molar-refractivity contribution >= 4 is 0 Å². The van der Waals surface area contributed by atoms with E-state index in [0.717, 1.165) is 0 Å². The zero-order valence-corrected chi connectivity index (χ0v) is 19.3. The van der Waals surface area contributed by atoms with E-state index in [4.69, 9.17) is 0 Å². The zero-order chi connectivity index (χ0) is 32.2. The fourth-order valence-corrected chi connectivity index (χ4v) is 2.63. The van der Waals surface area contributed by atoms with Crippen LogP contribution in [-0.2, 0) is 9.47 Å². The second-order valence-corrected chi connectivity index (χ2v) is 8.27. The molecular formula is C18H20F18O4. The molecule has 2 unspecified atom stereocenters. The normalized spacial score (nSPS) is 16.8. The van der Waals surface area contributed by atoms with Crippen molar-refractivity contribution in [2.24, 2.45) is 0 Å². The molecule has 0 aromatic rings. The Morgan fingerprint density at radius 3 is 0.900 bits per heavy atom. The van der Waals surface area contributed by atoms with E-state index in [0.29, 0.717) is 0 Å². The van der Waals surface area contributed by atoms with Crippen molar-refractivity contribution in [3.05, 3.63) is 0 Å². The van der Waals surface area contributed by atoms with E-state index in [1.165, 1.54) is 0 Å². The number of halogens is 18. The standard InChI is InChI=1S/C18H20F18O4/c19-11(20,13(23,24)15(27,28)17(31,32)33)5-9(37)7-39-3-1-2-4-40-8-10(38)6-12(21,22)14(25,26)16(29,30)18(34,35)36/h9-10,37-38H,1-8H2. The quantitative estimate of drug-likeness (QED) is 0.146. The van der Waals surface area contributed by atoms with Gasteiger partial charge in [-0.3, -0.25) is 0 Å². The SMILES string of the molecule is OC(COCCCCOCC(O)CC(F)(F)C(F)(F)C(F)(F)C(F)(F)F)CC(F)(F)C(F)(F)C(F)(F)C(F)(F)F. The maximum absolute atomic E-state index is 13.4. The van der Waals surface area contributed by atoms with Gasteiger partial charge in [0.25, 0.3) is 0 Å². The molecule has 0 saturated carbocycles. The fourth-order valence-electron chi connectivity index (χ4n) is 2.63. The Morgan fingerprint density at radius 1 is 0.425 bits per heavy atom.